The van der Waals surface area contributed by atoms with E-state index < -0.39 is 7.32 Å². The molecule has 0 aliphatic heterocycles. The summed E-state index contributed by atoms with van der Waals surface area (Å²) in [5.41, 5.74) is 0.864. The molecule has 21 heavy (non-hydrogen) atoms. The third-order valence-corrected chi connectivity index (χ3v) is 2.88. The molecular weight excluding hydrogens is 270 g/mol. The molecule has 1 aromatic carbocycles. The zero-order chi connectivity index (χ0) is 15.1. The first-order valence-corrected chi connectivity index (χ1v) is 6.43. The molecule has 0 fully saturated rings. The van der Waals surface area contributed by atoms with Crippen molar-refractivity contribution in [3.63, 3.8) is 0 Å². The Bertz CT molecular complexity index is 441. The zero-order valence-corrected chi connectivity index (χ0v) is 12.3. The summed E-state index contributed by atoms with van der Waals surface area (Å²) in [6.07, 6.45) is 2.75. The molecule has 1 rings (SSSR count). The molecule has 8 heteroatoms. The van der Waals surface area contributed by atoms with E-state index in [1.165, 1.54) is 14.2 Å². The summed E-state index contributed by atoms with van der Waals surface area (Å²) in [6.45, 7) is 2.09. The molecule has 2 N–H and O–H groups in total. The molecule has 0 aliphatic carbocycles. The summed E-state index contributed by atoms with van der Waals surface area (Å²) >= 11 is 0. The van der Waals surface area contributed by atoms with Gasteiger partial charge in [0.25, 0.3) is 0 Å². The first-order chi connectivity index (χ1) is 9.58. The Morgan fingerprint density at radius 3 is 2.00 bits per heavy atom. The van der Waals surface area contributed by atoms with Crippen LogP contribution in [0.2, 0.25) is 0 Å². The predicted octanol–water partition coefficient (Wildman–Crippen LogP) is 0.755. The van der Waals surface area contributed by atoms with Crippen molar-refractivity contribution in [2.75, 3.05) is 21.3 Å². The molecule has 0 heterocycles. The van der Waals surface area contributed by atoms with E-state index in [2.05, 4.69) is 6.92 Å². The van der Waals surface area contributed by atoms with Gasteiger partial charge in [-0.1, -0.05) is 13.3 Å². The van der Waals surface area contributed by atoms with Crippen molar-refractivity contribution in [3.8, 4) is 23.0 Å². The fourth-order valence-electron chi connectivity index (χ4n) is 2.01. The van der Waals surface area contributed by atoms with Gasteiger partial charge < -0.3 is 28.9 Å². The fraction of sp³-hybridized carbons (Fsp3) is 0.538. The van der Waals surface area contributed by atoms with Gasteiger partial charge in [-0.05, 0) is 18.9 Å². The van der Waals surface area contributed by atoms with Crippen LogP contribution in [0.4, 0.5) is 0 Å². The maximum absolute atomic E-state index is 8.99. The van der Waals surface area contributed by atoms with Crippen LogP contribution in [0.25, 0.3) is 0 Å². The summed E-state index contributed by atoms with van der Waals surface area (Å²) < 4.78 is 20.9. The molecule has 0 atom stereocenters. The summed E-state index contributed by atoms with van der Waals surface area (Å²) in [5.74, 6) is 1.40. The van der Waals surface area contributed by atoms with Crippen LogP contribution in [0.1, 0.15) is 25.3 Å². The Balaban J connectivity index is 0.00000400. The number of hydrogen-bond donors (Lipinski definition) is 2. The third kappa shape index (κ3) is 5.04. The van der Waals surface area contributed by atoms with Crippen molar-refractivity contribution in [1.29, 1.82) is 0 Å². The summed E-state index contributed by atoms with van der Waals surface area (Å²) in [6, 6.07) is 1.68. The van der Waals surface area contributed by atoms with Gasteiger partial charge in [0.05, 0.1) is 21.3 Å². The number of hydrogen-bond acceptors (Lipinski definition) is 6. The fourth-order valence-corrected chi connectivity index (χ4v) is 2.01. The maximum atomic E-state index is 8.99. The SMILES string of the molecule is CCCCc1cc(OB(O)O)c(OC)c(OC)c1OC.[LiH]. The quantitative estimate of drug-likeness (QED) is 0.689. The van der Waals surface area contributed by atoms with Crippen molar-refractivity contribution in [1.82, 2.24) is 0 Å². The number of unbranched alkanes of at least 4 members (excludes halogenated alkanes) is 1. The predicted molar refractivity (Wildman–Crippen MR) is 82.7 cm³/mol. The van der Waals surface area contributed by atoms with E-state index in [1.807, 2.05) is 0 Å². The molecule has 0 saturated carbocycles. The molecule has 114 valence electrons. The van der Waals surface area contributed by atoms with E-state index in [4.69, 9.17) is 28.9 Å². The molecule has 0 aromatic heterocycles. The first-order valence-electron chi connectivity index (χ1n) is 6.43. The molecule has 0 bridgehead atoms. The van der Waals surface area contributed by atoms with Crippen molar-refractivity contribution in [3.05, 3.63) is 11.6 Å². The molecule has 0 spiro atoms. The van der Waals surface area contributed by atoms with Crippen molar-refractivity contribution in [2.45, 2.75) is 26.2 Å². The van der Waals surface area contributed by atoms with E-state index >= 15 is 0 Å². The second-order valence-electron chi connectivity index (χ2n) is 4.18. The van der Waals surface area contributed by atoms with E-state index in [1.54, 1.807) is 13.2 Å². The van der Waals surface area contributed by atoms with E-state index in [-0.39, 0.29) is 30.4 Å². The second kappa shape index (κ2) is 9.85. The van der Waals surface area contributed by atoms with Gasteiger partial charge >= 0.3 is 26.2 Å². The molecule has 0 aliphatic rings. The number of benzene rings is 1. The Morgan fingerprint density at radius 2 is 1.57 bits per heavy atom. The van der Waals surface area contributed by atoms with Gasteiger partial charge in [-0.25, -0.2) is 0 Å². The minimum atomic E-state index is -1.93. The van der Waals surface area contributed by atoms with Gasteiger partial charge in [0, 0.05) is 5.56 Å². The number of methoxy groups -OCH3 is 3. The summed E-state index contributed by atoms with van der Waals surface area (Å²) in [5, 5.41) is 18.0. The number of aryl methyl sites for hydroxylation is 1. The Labute approximate surface area is 137 Å². The normalized spacial score (nSPS) is 9.62. The van der Waals surface area contributed by atoms with E-state index in [0.29, 0.717) is 11.5 Å². The molecule has 0 amide bonds. The van der Waals surface area contributed by atoms with Crippen LogP contribution in [0.15, 0.2) is 6.07 Å². The summed E-state index contributed by atoms with van der Waals surface area (Å²) in [7, 11) is 2.55. The average molecular weight is 292 g/mol. The topological polar surface area (TPSA) is 77.4 Å². The average Bonchev–Trinajstić information content (AvgIpc) is 2.43. The molecule has 1 aromatic rings. The van der Waals surface area contributed by atoms with Crippen molar-refractivity contribution < 1.29 is 28.9 Å². The van der Waals surface area contributed by atoms with Crippen LogP contribution < -0.4 is 18.9 Å². The molecule has 6 nitrogen and oxygen atoms in total. The van der Waals surface area contributed by atoms with Gasteiger partial charge in [0.15, 0.2) is 5.75 Å². The zero-order valence-electron chi connectivity index (χ0n) is 12.3. The van der Waals surface area contributed by atoms with E-state index in [0.717, 1.165) is 24.8 Å². The Hall–Kier alpha value is -0.998. The molecular formula is C13H22BLiO6. The van der Waals surface area contributed by atoms with Gasteiger partial charge in [0.2, 0.25) is 11.5 Å². The van der Waals surface area contributed by atoms with Gasteiger partial charge in [0.1, 0.15) is 5.75 Å². The molecule has 0 radical (unpaired) electrons. The van der Waals surface area contributed by atoms with E-state index in [9.17, 15) is 0 Å². The van der Waals surface area contributed by atoms with Crippen LogP contribution in [-0.2, 0) is 6.42 Å². The van der Waals surface area contributed by atoms with Crippen LogP contribution in [0, 0.1) is 0 Å². The molecule has 0 unspecified atom stereocenters. The second-order valence-corrected chi connectivity index (χ2v) is 4.18. The van der Waals surface area contributed by atoms with Crippen LogP contribution in [-0.4, -0.2) is 57.6 Å². The minimum absolute atomic E-state index is 0. The number of rotatable bonds is 8. The number of ether oxygens (including phenoxy) is 3. The van der Waals surface area contributed by atoms with Gasteiger partial charge in [-0.3, -0.25) is 0 Å². The van der Waals surface area contributed by atoms with Crippen LogP contribution in [0.3, 0.4) is 0 Å². The van der Waals surface area contributed by atoms with Gasteiger partial charge in [-0.2, -0.15) is 0 Å². The first kappa shape index (κ1) is 20.0. The van der Waals surface area contributed by atoms with Crippen molar-refractivity contribution >= 4 is 26.2 Å². The Kier molecular flexibility index (Phi) is 9.38. The third-order valence-electron chi connectivity index (χ3n) is 2.88. The standard InChI is InChI=1S/C13H21BO6.Li.H/c1-5-6-7-9-8-10(20-14(15)16)12(18-3)13(19-4)11(9)17-2;;/h8,15-16H,5-7H2,1-4H3;;. The summed E-state index contributed by atoms with van der Waals surface area (Å²) in [4.78, 5) is 0. The van der Waals surface area contributed by atoms with Crippen molar-refractivity contribution in [2.24, 2.45) is 0 Å². The van der Waals surface area contributed by atoms with Crippen LogP contribution in [0.5, 0.6) is 23.0 Å². The van der Waals surface area contributed by atoms with Crippen LogP contribution >= 0.6 is 0 Å². The molecule has 0 saturated heterocycles. The Morgan fingerprint density at radius 1 is 1.00 bits per heavy atom. The van der Waals surface area contributed by atoms with Gasteiger partial charge in [-0.15, -0.1) is 0 Å². The monoisotopic (exact) mass is 292 g/mol.